The van der Waals surface area contributed by atoms with Crippen LogP contribution in [0.4, 0.5) is 0 Å². The van der Waals surface area contributed by atoms with Crippen molar-refractivity contribution in [3.8, 4) is 0 Å². The number of allylic oxidation sites excluding steroid dienone is 2. The molecule has 0 fully saturated rings. The van der Waals surface area contributed by atoms with Crippen LogP contribution in [0.15, 0.2) is 36.5 Å². The maximum atomic E-state index is 11.1. The molecule has 0 aliphatic rings. The molecule has 0 saturated carbocycles. The molecule has 0 radical (unpaired) electrons. The van der Waals surface area contributed by atoms with Gasteiger partial charge in [-0.3, -0.25) is 9.78 Å². The van der Waals surface area contributed by atoms with Crippen molar-refractivity contribution in [2.24, 2.45) is 0 Å². The van der Waals surface area contributed by atoms with Gasteiger partial charge in [-0.25, -0.2) is 9.59 Å². The molecule has 19 heavy (non-hydrogen) atoms. The Morgan fingerprint density at radius 2 is 1.53 bits per heavy atom. The highest BCUT2D eigenvalue weighted by Crippen LogP contribution is 2.04. The van der Waals surface area contributed by atoms with E-state index >= 15 is 0 Å². The third-order valence-electron chi connectivity index (χ3n) is 1.42. The van der Waals surface area contributed by atoms with E-state index in [-0.39, 0.29) is 11.1 Å². The Bertz CT molecular complexity index is 514. The molecule has 8 nitrogen and oxygen atoms in total. The molecule has 0 aromatic rings. The molecule has 106 valence electrons. The van der Waals surface area contributed by atoms with Gasteiger partial charge in [0.2, 0.25) is 0 Å². The molecule has 0 aliphatic carbocycles. The molecular weight excluding hydrogens is 280 g/mol. The van der Waals surface area contributed by atoms with Gasteiger partial charge in [0.05, 0.1) is 0 Å². The minimum atomic E-state index is -4.83. The lowest BCUT2D eigenvalue weighted by Gasteiger charge is -2.03. The van der Waals surface area contributed by atoms with Crippen LogP contribution in [0.5, 0.6) is 0 Å². The largest absolute Gasteiger partial charge is 0.471 e. The van der Waals surface area contributed by atoms with Gasteiger partial charge in [-0.15, -0.1) is 0 Å². The summed E-state index contributed by atoms with van der Waals surface area (Å²) in [6, 6.07) is 0. The molecular formula is C10H12O8S. The summed E-state index contributed by atoms with van der Waals surface area (Å²) in [7, 11) is -4.83. The van der Waals surface area contributed by atoms with E-state index in [2.05, 4.69) is 31.6 Å². The summed E-state index contributed by atoms with van der Waals surface area (Å²) in [6.07, 6.45) is 2.55. The van der Waals surface area contributed by atoms with Gasteiger partial charge in [-0.2, -0.15) is 8.42 Å². The third-order valence-corrected chi connectivity index (χ3v) is 1.89. The fraction of sp³-hybridized carbons (Fsp3) is 0.200. The third kappa shape index (κ3) is 7.13. The normalized spacial score (nSPS) is 11.6. The molecule has 0 saturated heterocycles. The first-order valence-corrected chi connectivity index (χ1v) is 6.03. The van der Waals surface area contributed by atoms with Gasteiger partial charge in [0.15, 0.2) is 0 Å². The second-order valence-electron chi connectivity index (χ2n) is 3.15. The average Bonchev–Trinajstić information content (AvgIpc) is 2.33. The zero-order valence-electron chi connectivity index (χ0n) is 10.2. The zero-order chi connectivity index (χ0) is 15.1. The second-order valence-corrected chi connectivity index (χ2v) is 4.24. The average molecular weight is 292 g/mol. The van der Waals surface area contributed by atoms with Crippen LogP contribution in [0, 0.1) is 0 Å². The quantitative estimate of drug-likeness (QED) is 0.295. The Morgan fingerprint density at radius 3 is 1.95 bits per heavy atom. The zero-order valence-corrected chi connectivity index (χ0v) is 11.1. The number of carbonyl (C=O) groups is 2. The van der Waals surface area contributed by atoms with Crippen molar-refractivity contribution < 1.29 is 36.4 Å². The smallest absolute Gasteiger partial charge is 0.275 e. The number of hydrogen-bond acceptors (Lipinski definition) is 8. The van der Waals surface area contributed by atoms with Gasteiger partial charge < -0.3 is 0 Å². The van der Waals surface area contributed by atoms with Gasteiger partial charge in [0, 0.05) is 11.1 Å². The molecule has 0 bridgehead atoms. The predicted molar refractivity (Wildman–Crippen MR) is 62.0 cm³/mol. The van der Waals surface area contributed by atoms with Crippen molar-refractivity contribution in [3.63, 3.8) is 0 Å². The molecule has 0 unspecified atom stereocenters. The fourth-order valence-corrected chi connectivity index (χ4v) is 0.851. The molecule has 0 spiro atoms. The second kappa shape index (κ2) is 7.46. The number of rotatable bonds is 7. The van der Waals surface area contributed by atoms with Gasteiger partial charge in [-0.1, -0.05) is 25.3 Å². The maximum absolute atomic E-state index is 11.1. The lowest BCUT2D eigenvalue weighted by molar-refractivity contribution is -0.240. The van der Waals surface area contributed by atoms with Crippen LogP contribution in [-0.2, 0) is 38.4 Å². The summed E-state index contributed by atoms with van der Waals surface area (Å²) < 4.78 is 29.3. The van der Waals surface area contributed by atoms with Crippen molar-refractivity contribution in [2.45, 2.75) is 13.8 Å². The Labute approximate surface area is 110 Å². The number of carbonyl (C=O) groups excluding carboxylic acids is 2. The standard InChI is InChI=1S/C10H12O8S/c1-5-6-8(4)10(12)16-18-19(13,14)17-15-9(11)7(2)3/h5-6H,1-2H2,3-4H3/b8-6+. The molecule has 0 aliphatic heterocycles. The lowest BCUT2D eigenvalue weighted by atomic mass is 10.3. The number of hydrogen-bond donors (Lipinski definition) is 0. The van der Waals surface area contributed by atoms with Gasteiger partial charge in [-0.05, 0) is 22.5 Å². The van der Waals surface area contributed by atoms with Crippen molar-refractivity contribution >= 4 is 22.3 Å². The van der Waals surface area contributed by atoms with Crippen LogP contribution >= 0.6 is 0 Å². The minimum Gasteiger partial charge on any atom is -0.275 e. The van der Waals surface area contributed by atoms with E-state index in [1.807, 2.05) is 0 Å². The van der Waals surface area contributed by atoms with Crippen molar-refractivity contribution in [1.29, 1.82) is 0 Å². The molecule has 0 aromatic carbocycles. The maximum Gasteiger partial charge on any atom is 0.471 e. The summed E-state index contributed by atoms with van der Waals surface area (Å²) >= 11 is 0. The summed E-state index contributed by atoms with van der Waals surface area (Å²) in [5.41, 5.74) is -0.0684. The monoisotopic (exact) mass is 292 g/mol. The van der Waals surface area contributed by atoms with Gasteiger partial charge in [0.1, 0.15) is 0 Å². The summed E-state index contributed by atoms with van der Waals surface area (Å²) in [4.78, 5) is 29.7. The Morgan fingerprint density at radius 1 is 1.05 bits per heavy atom. The van der Waals surface area contributed by atoms with Gasteiger partial charge in [0.25, 0.3) is 0 Å². The Balaban J connectivity index is 4.36. The molecule has 0 atom stereocenters. The summed E-state index contributed by atoms with van der Waals surface area (Å²) in [5, 5.41) is 0. The van der Waals surface area contributed by atoms with E-state index < -0.39 is 22.3 Å². The first-order chi connectivity index (χ1) is 8.69. The van der Waals surface area contributed by atoms with Crippen LogP contribution in [0.25, 0.3) is 0 Å². The summed E-state index contributed by atoms with van der Waals surface area (Å²) in [6.45, 7) is 9.11. The highest BCUT2D eigenvalue weighted by atomic mass is 32.3. The van der Waals surface area contributed by atoms with Crippen LogP contribution in [0.2, 0.25) is 0 Å². The molecule has 0 rings (SSSR count). The first-order valence-electron chi connectivity index (χ1n) is 4.70. The van der Waals surface area contributed by atoms with Crippen molar-refractivity contribution in [3.05, 3.63) is 36.5 Å². The Hall–Kier alpha value is -1.97. The van der Waals surface area contributed by atoms with E-state index in [1.54, 1.807) is 0 Å². The highest BCUT2D eigenvalue weighted by Gasteiger charge is 2.21. The van der Waals surface area contributed by atoms with E-state index in [9.17, 15) is 18.0 Å². The summed E-state index contributed by atoms with van der Waals surface area (Å²) in [5.74, 6) is -2.21. The molecule has 9 heteroatoms. The van der Waals surface area contributed by atoms with E-state index in [0.717, 1.165) is 0 Å². The predicted octanol–water partition coefficient (Wildman–Crippen LogP) is 0.889. The molecule has 0 aromatic heterocycles. The van der Waals surface area contributed by atoms with Crippen LogP contribution in [0.1, 0.15) is 13.8 Å². The SMILES string of the molecule is C=C/C=C(\C)C(=O)OOS(=O)(=O)OOC(=O)C(=C)C. The Kier molecular flexibility index (Phi) is 6.69. The van der Waals surface area contributed by atoms with Crippen molar-refractivity contribution in [2.75, 3.05) is 0 Å². The minimum absolute atomic E-state index is 0.0316. The molecule has 0 amide bonds. The van der Waals surface area contributed by atoms with Crippen molar-refractivity contribution in [1.82, 2.24) is 0 Å². The highest BCUT2D eigenvalue weighted by molar-refractivity contribution is 7.81. The van der Waals surface area contributed by atoms with E-state index in [4.69, 9.17) is 0 Å². The van der Waals surface area contributed by atoms with Gasteiger partial charge >= 0.3 is 22.3 Å². The first kappa shape index (κ1) is 17.0. The van der Waals surface area contributed by atoms with Crippen LogP contribution < -0.4 is 0 Å². The molecule has 0 N–H and O–H groups in total. The van der Waals surface area contributed by atoms with E-state index in [1.165, 1.54) is 26.0 Å². The van der Waals surface area contributed by atoms with E-state index in [0.29, 0.717) is 0 Å². The van der Waals surface area contributed by atoms with Crippen LogP contribution in [0.3, 0.4) is 0 Å². The topological polar surface area (TPSA) is 105 Å². The lowest BCUT2D eigenvalue weighted by Crippen LogP contribution is -2.17. The molecule has 0 heterocycles. The van der Waals surface area contributed by atoms with Crippen LogP contribution in [-0.4, -0.2) is 20.4 Å². The fourth-order valence-electron chi connectivity index (χ4n) is 0.538.